The zero-order valence-corrected chi connectivity index (χ0v) is 20.3. The van der Waals surface area contributed by atoms with E-state index in [9.17, 15) is 9.59 Å². The number of esters is 1. The fraction of sp³-hybridized carbons (Fsp3) is 0.923. The summed E-state index contributed by atoms with van der Waals surface area (Å²) in [7, 11) is 0. The summed E-state index contributed by atoms with van der Waals surface area (Å²) in [6.45, 7) is 7.07. The van der Waals surface area contributed by atoms with E-state index in [4.69, 9.17) is 9.84 Å². The van der Waals surface area contributed by atoms with Crippen LogP contribution in [0.3, 0.4) is 0 Å². The molecule has 0 rings (SSSR count). The van der Waals surface area contributed by atoms with Crippen LogP contribution in [-0.2, 0) is 14.3 Å². The van der Waals surface area contributed by atoms with Crippen molar-refractivity contribution in [2.24, 2.45) is 11.8 Å². The molecular formula is C26H50O4. The summed E-state index contributed by atoms with van der Waals surface area (Å²) in [5.41, 5.74) is 0. The maximum Gasteiger partial charge on any atom is 0.305 e. The Balaban J connectivity index is 3.34. The second-order valence-electron chi connectivity index (χ2n) is 9.31. The van der Waals surface area contributed by atoms with Crippen LogP contribution >= 0.6 is 0 Å². The number of carbonyl (C=O) groups excluding carboxylic acids is 1. The monoisotopic (exact) mass is 426 g/mol. The zero-order chi connectivity index (χ0) is 22.5. The van der Waals surface area contributed by atoms with Gasteiger partial charge in [-0.15, -0.1) is 0 Å². The van der Waals surface area contributed by atoms with Crippen LogP contribution in [-0.4, -0.2) is 23.7 Å². The first kappa shape index (κ1) is 28.9. The van der Waals surface area contributed by atoms with Crippen LogP contribution in [0.2, 0.25) is 0 Å². The first-order valence-electron chi connectivity index (χ1n) is 12.8. The van der Waals surface area contributed by atoms with Crippen LogP contribution in [0, 0.1) is 11.8 Å². The summed E-state index contributed by atoms with van der Waals surface area (Å²) in [4.78, 5) is 22.6. The Bertz CT molecular complexity index is 406. The quantitative estimate of drug-likeness (QED) is 0.141. The van der Waals surface area contributed by atoms with Crippen molar-refractivity contribution in [1.29, 1.82) is 0 Å². The van der Waals surface area contributed by atoms with Crippen LogP contribution < -0.4 is 0 Å². The number of rotatable bonds is 22. The van der Waals surface area contributed by atoms with Gasteiger partial charge in [-0.1, -0.05) is 104 Å². The highest BCUT2D eigenvalue weighted by Crippen LogP contribution is 2.23. The van der Waals surface area contributed by atoms with Crippen molar-refractivity contribution in [3.63, 3.8) is 0 Å². The molecule has 178 valence electrons. The number of ether oxygens (including phenoxy) is 1. The van der Waals surface area contributed by atoms with Crippen LogP contribution in [0.4, 0.5) is 0 Å². The minimum absolute atomic E-state index is 0.0199. The number of hydrogen-bond acceptors (Lipinski definition) is 3. The molecule has 0 spiro atoms. The fourth-order valence-corrected chi connectivity index (χ4v) is 3.95. The van der Waals surface area contributed by atoms with E-state index >= 15 is 0 Å². The van der Waals surface area contributed by atoms with Gasteiger partial charge in [0.15, 0.2) is 0 Å². The van der Waals surface area contributed by atoms with E-state index in [1.807, 2.05) is 0 Å². The first-order chi connectivity index (χ1) is 14.5. The number of carboxylic acids is 1. The summed E-state index contributed by atoms with van der Waals surface area (Å²) in [5.74, 6) is 0.0982. The molecule has 0 amide bonds. The van der Waals surface area contributed by atoms with Gasteiger partial charge < -0.3 is 9.84 Å². The molecule has 4 nitrogen and oxygen atoms in total. The normalized spacial score (nSPS) is 12.3. The van der Waals surface area contributed by atoms with Gasteiger partial charge in [0.2, 0.25) is 0 Å². The first-order valence-corrected chi connectivity index (χ1v) is 12.8. The molecule has 1 N–H and O–H groups in total. The Hall–Kier alpha value is -1.06. The minimum atomic E-state index is -0.664. The average Bonchev–Trinajstić information content (AvgIpc) is 2.70. The predicted molar refractivity (Wildman–Crippen MR) is 126 cm³/mol. The van der Waals surface area contributed by atoms with Gasteiger partial charge in [-0.2, -0.15) is 0 Å². The van der Waals surface area contributed by atoms with Crippen molar-refractivity contribution in [3.05, 3.63) is 0 Å². The van der Waals surface area contributed by atoms with Gasteiger partial charge >= 0.3 is 11.9 Å². The van der Waals surface area contributed by atoms with Crippen molar-refractivity contribution in [1.82, 2.24) is 0 Å². The van der Waals surface area contributed by atoms with E-state index in [-0.39, 0.29) is 5.97 Å². The molecule has 1 atom stereocenters. The van der Waals surface area contributed by atoms with Gasteiger partial charge in [-0.25, -0.2) is 0 Å². The van der Waals surface area contributed by atoms with Gasteiger partial charge in [-0.3, -0.25) is 9.59 Å². The summed E-state index contributed by atoms with van der Waals surface area (Å²) in [6, 6.07) is 0. The standard InChI is InChI=1S/C26H50O4/c1-4-5-6-15-18-21-30-26(29)20-17-14-12-10-8-7-9-11-13-16-19-24(23(2)3)22-25(27)28/h23-24H,4-22H2,1-3H3,(H,27,28). The van der Waals surface area contributed by atoms with Crippen molar-refractivity contribution in [2.45, 2.75) is 136 Å². The average molecular weight is 427 g/mol. The fourth-order valence-electron chi connectivity index (χ4n) is 3.95. The second-order valence-corrected chi connectivity index (χ2v) is 9.31. The molecule has 0 aromatic heterocycles. The molecule has 0 heterocycles. The van der Waals surface area contributed by atoms with Gasteiger partial charge in [0.1, 0.15) is 0 Å². The Morgan fingerprint density at radius 3 is 1.77 bits per heavy atom. The van der Waals surface area contributed by atoms with E-state index in [0.29, 0.717) is 31.3 Å². The molecular weight excluding hydrogens is 376 g/mol. The topological polar surface area (TPSA) is 63.6 Å². The van der Waals surface area contributed by atoms with E-state index < -0.39 is 5.97 Å². The second kappa shape index (κ2) is 21.2. The van der Waals surface area contributed by atoms with Crippen LogP contribution in [0.1, 0.15) is 136 Å². The molecule has 0 bridgehead atoms. The third-order valence-electron chi connectivity index (χ3n) is 6.10. The summed E-state index contributed by atoms with van der Waals surface area (Å²) >= 11 is 0. The van der Waals surface area contributed by atoms with Crippen molar-refractivity contribution >= 4 is 11.9 Å². The maximum atomic E-state index is 11.7. The highest BCUT2D eigenvalue weighted by molar-refractivity contribution is 5.69. The Morgan fingerprint density at radius 1 is 0.733 bits per heavy atom. The molecule has 0 saturated heterocycles. The summed E-state index contributed by atoms with van der Waals surface area (Å²) in [6.07, 6.45) is 20.0. The minimum Gasteiger partial charge on any atom is -0.481 e. The summed E-state index contributed by atoms with van der Waals surface area (Å²) in [5, 5.41) is 8.98. The lowest BCUT2D eigenvalue weighted by Crippen LogP contribution is -2.13. The van der Waals surface area contributed by atoms with Crippen molar-refractivity contribution in [2.75, 3.05) is 6.61 Å². The molecule has 0 aliphatic rings. The SMILES string of the molecule is CCCCCCCOC(=O)CCCCCCCCCCCCC(CC(=O)O)C(C)C. The molecule has 0 aliphatic heterocycles. The summed E-state index contributed by atoms with van der Waals surface area (Å²) < 4.78 is 5.29. The molecule has 30 heavy (non-hydrogen) atoms. The Kier molecular flexibility index (Phi) is 20.4. The smallest absolute Gasteiger partial charge is 0.305 e. The third kappa shape index (κ3) is 20.2. The lowest BCUT2D eigenvalue weighted by molar-refractivity contribution is -0.144. The Labute approximate surface area is 186 Å². The lowest BCUT2D eigenvalue weighted by atomic mass is 9.87. The largest absolute Gasteiger partial charge is 0.481 e. The lowest BCUT2D eigenvalue weighted by Gasteiger charge is -2.18. The van der Waals surface area contributed by atoms with E-state index in [1.54, 1.807) is 0 Å². The molecule has 0 aromatic rings. The van der Waals surface area contributed by atoms with Crippen LogP contribution in [0.15, 0.2) is 0 Å². The highest BCUT2D eigenvalue weighted by atomic mass is 16.5. The molecule has 0 aromatic carbocycles. The highest BCUT2D eigenvalue weighted by Gasteiger charge is 2.16. The number of carboxylic acid groups (broad SMARTS) is 1. The maximum absolute atomic E-state index is 11.7. The number of hydrogen-bond donors (Lipinski definition) is 1. The van der Waals surface area contributed by atoms with E-state index in [0.717, 1.165) is 32.1 Å². The molecule has 0 fully saturated rings. The number of unbranched alkanes of at least 4 members (excludes halogenated alkanes) is 13. The molecule has 1 unspecified atom stereocenters. The van der Waals surface area contributed by atoms with Gasteiger partial charge in [-0.05, 0) is 31.1 Å². The van der Waals surface area contributed by atoms with Gasteiger partial charge in [0, 0.05) is 12.8 Å². The molecule has 0 saturated carbocycles. The predicted octanol–water partition coefficient (Wildman–Crippen LogP) is 7.93. The van der Waals surface area contributed by atoms with E-state index in [1.165, 1.54) is 70.6 Å². The molecule has 0 radical (unpaired) electrons. The third-order valence-corrected chi connectivity index (χ3v) is 6.10. The van der Waals surface area contributed by atoms with Gasteiger partial charge in [0.25, 0.3) is 0 Å². The van der Waals surface area contributed by atoms with E-state index in [2.05, 4.69) is 20.8 Å². The zero-order valence-electron chi connectivity index (χ0n) is 20.3. The molecule has 4 heteroatoms. The van der Waals surface area contributed by atoms with Crippen LogP contribution in [0.5, 0.6) is 0 Å². The van der Waals surface area contributed by atoms with Crippen LogP contribution in [0.25, 0.3) is 0 Å². The van der Waals surface area contributed by atoms with Crippen molar-refractivity contribution < 1.29 is 19.4 Å². The van der Waals surface area contributed by atoms with Gasteiger partial charge in [0.05, 0.1) is 6.61 Å². The van der Waals surface area contributed by atoms with Crippen molar-refractivity contribution in [3.8, 4) is 0 Å². The Morgan fingerprint density at radius 2 is 1.23 bits per heavy atom. The number of aliphatic carboxylic acids is 1. The molecule has 0 aliphatic carbocycles. The number of carbonyl (C=O) groups is 2.